The molecule has 5 heterocycles. The Bertz CT molecular complexity index is 1200. The highest BCUT2D eigenvalue weighted by atomic mass is 16.5. The SMILES string of the molecule is CO[C@@H]1CN(C2CCN(c3ccc4c(c3)[C@@H](C)CN(c3ccnc5c3cnn5C)C4)CC2)C[C@H]1N. The van der Waals surface area contributed by atoms with Crippen molar-refractivity contribution in [3.63, 3.8) is 0 Å². The van der Waals surface area contributed by atoms with E-state index in [0.29, 0.717) is 12.0 Å². The maximum absolute atomic E-state index is 6.27. The Kier molecular flexibility index (Phi) is 5.90. The van der Waals surface area contributed by atoms with Crippen LogP contribution in [-0.2, 0) is 18.3 Å². The standard InChI is InChI=1S/C27H37N7O/c1-18-14-34(25-6-9-29-27-23(25)13-30-31(27)2)15-19-4-5-21(12-22(18)19)32-10-7-20(8-11-32)33-16-24(28)26(17-33)35-3/h4-6,9,12-13,18,20,24,26H,7-8,10-11,14-17,28H2,1-3H3/t18-,24+,26+/m0/s1. The first kappa shape index (κ1) is 22.8. The van der Waals surface area contributed by atoms with Crippen LogP contribution in [0.4, 0.5) is 11.4 Å². The monoisotopic (exact) mass is 475 g/mol. The van der Waals surface area contributed by atoms with E-state index in [9.17, 15) is 0 Å². The summed E-state index contributed by atoms with van der Waals surface area (Å²) in [6.07, 6.45) is 6.39. The van der Waals surface area contributed by atoms with Gasteiger partial charge in [0.2, 0.25) is 0 Å². The highest BCUT2D eigenvalue weighted by Crippen LogP contribution is 2.36. The number of nitrogens with two attached hydrogens (primary N) is 1. The third-order valence-corrected chi connectivity index (χ3v) is 8.46. The van der Waals surface area contributed by atoms with Crippen molar-refractivity contribution in [2.75, 3.05) is 49.6 Å². The van der Waals surface area contributed by atoms with Crippen LogP contribution in [0.25, 0.3) is 11.0 Å². The number of pyridine rings is 1. The number of fused-ring (bicyclic) bond motifs is 2. The molecule has 0 unspecified atom stereocenters. The molecule has 0 bridgehead atoms. The van der Waals surface area contributed by atoms with Crippen LogP contribution in [0.15, 0.2) is 36.7 Å². The van der Waals surface area contributed by atoms with E-state index < -0.39 is 0 Å². The molecule has 186 valence electrons. The number of aromatic nitrogens is 3. The summed E-state index contributed by atoms with van der Waals surface area (Å²) >= 11 is 0. The summed E-state index contributed by atoms with van der Waals surface area (Å²) in [5.74, 6) is 0.466. The number of ether oxygens (including phenoxy) is 1. The Labute approximate surface area is 207 Å². The van der Waals surface area contributed by atoms with Gasteiger partial charge in [-0.3, -0.25) is 9.58 Å². The second kappa shape index (κ2) is 9.08. The van der Waals surface area contributed by atoms with Crippen molar-refractivity contribution >= 4 is 22.4 Å². The van der Waals surface area contributed by atoms with Crippen molar-refractivity contribution in [1.82, 2.24) is 19.7 Å². The Morgan fingerprint density at radius 1 is 1.06 bits per heavy atom. The van der Waals surface area contributed by atoms with Gasteiger partial charge < -0.3 is 20.3 Å². The van der Waals surface area contributed by atoms with Crippen molar-refractivity contribution in [3.8, 4) is 0 Å². The van der Waals surface area contributed by atoms with E-state index in [0.717, 1.165) is 50.3 Å². The molecule has 8 heteroatoms. The lowest BCUT2D eigenvalue weighted by Gasteiger charge is -2.39. The molecule has 6 rings (SSSR count). The van der Waals surface area contributed by atoms with Gasteiger partial charge in [-0.05, 0) is 48.1 Å². The van der Waals surface area contributed by atoms with Crippen molar-refractivity contribution in [2.45, 2.75) is 50.4 Å². The number of piperidine rings is 1. The lowest BCUT2D eigenvalue weighted by molar-refractivity contribution is 0.0905. The molecule has 3 atom stereocenters. The van der Waals surface area contributed by atoms with Crippen LogP contribution in [0, 0.1) is 0 Å². The van der Waals surface area contributed by atoms with Gasteiger partial charge in [0.25, 0.3) is 0 Å². The molecule has 2 N–H and O–H groups in total. The van der Waals surface area contributed by atoms with Gasteiger partial charge >= 0.3 is 0 Å². The lowest BCUT2D eigenvalue weighted by Crippen LogP contribution is -2.45. The smallest absolute Gasteiger partial charge is 0.159 e. The Morgan fingerprint density at radius 3 is 2.66 bits per heavy atom. The van der Waals surface area contributed by atoms with Crippen molar-refractivity contribution in [3.05, 3.63) is 47.8 Å². The number of aryl methyl sites for hydroxylation is 1. The Balaban J connectivity index is 1.15. The number of rotatable bonds is 4. The fraction of sp³-hybridized carbons (Fsp3) is 0.556. The summed E-state index contributed by atoms with van der Waals surface area (Å²) in [4.78, 5) is 12.1. The quantitative estimate of drug-likeness (QED) is 0.622. The highest BCUT2D eigenvalue weighted by Gasteiger charge is 2.35. The maximum Gasteiger partial charge on any atom is 0.159 e. The fourth-order valence-corrected chi connectivity index (χ4v) is 6.44. The molecule has 3 aromatic rings. The molecule has 1 aromatic carbocycles. The van der Waals surface area contributed by atoms with Crippen LogP contribution in [0.2, 0.25) is 0 Å². The zero-order chi connectivity index (χ0) is 24.1. The van der Waals surface area contributed by atoms with E-state index in [-0.39, 0.29) is 12.1 Å². The minimum absolute atomic E-state index is 0.140. The van der Waals surface area contributed by atoms with Gasteiger partial charge in [-0.25, -0.2) is 4.98 Å². The second-order valence-electron chi connectivity index (χ2n) is 10.6. The van der Waals surface area contributed by atoms with E-state index in [2.05, 4.69) is 56.0 Å². The number of hydrogen-bond donors (Lipinski definition) is 1. The van der Waals surface area contributed by atoms with E-state index in [1.807, 2.05) is 24.1 Å². The summed E-state index contributed by atoms with van der Waals surface area (Å²) in [5, 5.41) is 5.55. The third kappa shape index (κ3) is 4.07. The average molecular weight is 476 g/mol. The van der Waals surface area contributed by atoms with Gasteiger partial charge in [0.05, 0.1) is 23.4 Å². The minimum Gasteiger partial charge on any atom is -0.378 e. The highest BCUT2D eigenvalue weighted by molar-refractivity contribution is 5.89. The molecule has 2 fully saturated rings. The van der Waals surface area contributed by atoms with Crippen LogP contribution >= 0.6 is 0 Å². The summed E-state index contributed by atoms with van der Waals surface area (Å²) in [6.45, 7) is 8.41. The summed E-state index contributed by atoms with van der Waals surface area (Å²) < 4.78 is 7.42. The minimum atomic E-state index is 0.140. The normalized spacial score (nSPS) is 26.0. The molecule has 0 saturated carbocycles. The number of benzene rings is 1. The van der Waals surface area contributed by atoms with Crippen molar-refractivity contribution in [1.29, 1.82) is 0 Å². The largest absolute Gasteiger partial charge is 0.378 e. The second-order valence-corrected chi connectivity index (χ2v) is 10.6. The maximum atomic E-state index is 6.27. The first-order valence-electron chi connectivity index (χ1n) is 12.9. The zero-order valence-corrected chi connectivity index (χ0v) is 21.1. The molecule has 35 heavy (non-hydrogen) atoms. The molecule has 3 aliphatic rings. The Hall–Kier alpha value is -2.68. The lowest BCUT2D eigenvalue weighted by atomic mass is 9.89. The first-order chi connectivity index (χ1) is 17.0. The summed E-state index contributed by atoms with van der Waals surface area (Å²) in [6, 6.07) is 10.0. The molecular weight excluding hydrogens is 438 g/mol. The molecule has 8 nitrogen and oxygen atoms in total. The van der Waals surface area contributed by atoms with Crippen LogP contribution in [0.3, 0.4) is 0 Å². The van der Waals surface area contributed by atoms with E-state index in [4.69, 9.17) is 10.5 Å². The van der Waals surface area contributed by atoms with Gasteiger partial charge in [0, 0.05) is 77.4 Å². The average Bonchev–Trinajstić information content (AvgIpc) is 3.46. The predicted octanol–water partition coefficient (Wildman–Crippen LogP) is 2.72. The van der Waals surface area contributed by atoms with E-state index in [1.54, 1.807) is 7.11 Å². The molecule has 3 aliphatic heterocycles. The predicted molar refractivity (Wildman–Crippen MR) is 140 cm³/mol. The van der Waals surface area contributed by atoms with Gasteiger partial charge in [0.15, 0.2) is 5.65 Å². The van der Waals surface area contributed by atoms with E-state index in [1.165, 1.54) is 35.3 Å². The topological polar surface area (TPSA) is 75.7 Å². The van der Waals surface area contributed by atoms with Crippen molar-refractivity contribution in [2.24, 2.45) is 12.8 Å². The van der Waals surface area contributed by atoms with Crippen LogP contribution in [0.5, 0.6) is 0 Å². The van der Waals surface area contributed by atoms with Crippen molar-refractivity contribution < 1.29 is 4.74 Å². The molecule has 0 aliphatic carbocycles. The van der Waals surface area contributed by atoms with E-state index >= 15 is 0 Å². The summed E-state index contributed by atoms with van der Waals surface area (Å²) in [5.41, 5.74) is 12.7. The van der Waals surface area contributed by atoms with Gasteiger partial charge in [-0.15, -0.1) is 0 Å². The molecule has 0 radical (unpaired) electrons. The van der Waals surface area contributed by atoms with Crippen LogP contribution in [-0.4, -0.2) is 77.7 Å². The third-order valence-electron chi connectivity index (χ3n) is 8.46. The zero-order valence-electron chi connectivity index (χ0n) is 21.1. The number of methoxy groups -OCH3 is 1. The Morgan fingerprint density at radius 2 is 1.89 bits per heavy atom. The number of anilines is 2. The van der Waals surface area contributed by atoms with Gasteiger partial charge in [-0.2, -0.15) is 5.10 Å². The molecule has 2 saturated heterocycles. The number of hydrogen-bond acceptors (Lipinski definition) is 7. The molecular formula is C27H37N7O. The fourth-order valence-electron chi connectivity index (χ4n) is 6.44. The summed E-state index contributed by atoms with van der Waals surface area (Å²) in [7, 11) is 3.73. The van der Waals surface area contributed by atoms with Crippen LogP contribution < -0.4 is 15.5 Å². The molecule has 0 amide bonds. The number of nitrogens with zero attached hydrogens (tertiary/aromatic N) is 6. The molecule has 2 aromatic heterocycles. The van der Waals surface area contributed by atoms with Gasteiger partial charge in [0.1, 0.15) is 0 Å². The van der Waals surface area contributed by atoms with Gasteiger partial charge in [-0.1, -0.05) is 13.0 Å². The van der Waals surface area contributed by atoms with Crippen LogP contribution in [0.1, 0.15) is 36.8 Å². The molecule has 0 spiro atoms. The first-order valence-corrected chi connectivity index (χ1v) is 12.9. The number of likely N-dealkylation sites (tertiary alicyclic amines) is 1.